The highest BCUT2D eigenvalue weighted by Gasteiger charge is 2.26. The third kappa shape index (κ3) is 1.85. The van der Waals surface area contributed by atoms with Crippen molar-refractivity contribution in [3.63, 3.8) is 0 Å². The van der Waals surface area contributed by atoms with Crippen LogP contribution in [-0.4, -0.2) is 6.10 Å². The van der Waals surface area contributed by atoms with Gasteiger partial charge in [0.25, 0.3) is 6.26 Å². The zero-order valence-electron chi connectivity index (χ0n) is 6.29. The van der Waals surface area contributed by atoms with Crippen LogP contribution in [0.15, 0.2) is 0 Å². The van der Waals surface area contributed by atoms with Crippen LogP contribution in [0.4, 0.5) is 0 Å². The molecule has 0 N–H and O–H groups in total. The van der Waals surface area contributed by atoms with E-state index in [1.54, 1.807) is 6.26 Å². The molecule has 2 unspecified atom stereocenters. The Bertz CT molecular complexity index is 201. The molecule has 0 heterocycles. The average molecular weight is 150 g/mol. The quantitative estimate of drug-likeness (QED) is 0.533. The maximum absolute atomic E-state index is 8.65. The summed E-state index contributed by atoms with van der Waals surface area (Å²) in [5.41, 5.74) is 0. The van der Waals surface area contributed by atoms with E-state index in [1.165, 1.54) is 0 Å². The van der Waals surface area contributed by atoms with Gasteiger partial charge in [-0.05, 0) is 19.3 Å². The van der Waals surface area contributed by atoms with Crippen molar-refractivity contribution in [2.24, 2.45) is 5.92 Å². The minimum absolute atomic E-state index is 0.0663. The van der Waals surface area contributed by atoms with E-state index < -0.39 is 0 Å². The van der Waals surface area contributed by atoms with E-state index in [0.717, 1.165) is 25.7 Å². The molecule has 3 heteroatoms. The van der Waals surface area contributed by atoms with Gasteiger partial charge in [0, 0.05) is 0 Å². The molecule has 1 saturated carbocycles. The fourth-order valence-electron chi connectivity index (χ4n) is 1.45. The average Bonchev–Trinajstić information content (AvgIpc) is 2.06. The van der Waals surface area contributed by atoms with Crippen molar-refractivity contribution in [3.05, 3.63) is 0 Å². The van der Waals surface area contributed by atoms with Crippen molar-refractivity contribution in [1.82, 2.24) is 0 Å². The van der Waals surface area contributed by atoms with Crippen LogP contribution in [-0.2, 0) is 4.74 Å². The molecule has 0 saturated heterocycles. The number of nitrogens with zero attached hydrogens (tertiary/aromatic N) is 2. The van der Waals surface area contributed by atoms with Crippen LogP contribution >= 0.6 is 0 Å². The van der Waals surface area contributed by atoms with Crippen LogP contribution in [0.1, 0.15) is 25.7 Å². The molecule has 0 spiro atoms. The Hall–Kier alpha value is -1.22. The number of hydrogen-bond donors (Lipinski definition) is 0. The fraction of sp³-hybridized carbons (Fsp3) is 0.750. The van der Waals surface area contributed by atoms with Crippen LogP contribution in [0.25, 0.3) is 0 Å². The van der Waals surface area contributed by atoms with Gasteiger partial charge in [-0.1, -0.05) is 6.42 Å². The molecule has 3 nitrogen and oxygen atoms in total. The van der Waals surface area contributed by atoms with Crippen molar-refractivity contribution >= 4 is 0 Å². The highest BCUT2D eigenvalue weighted by atomic mass is 16.5. The summed E-state index contributed by atoms with van der Waals surface area (Å²) in [7, 11) is 0. The number of rotatable bonds is 1. The van der Waals surface area contributed by atoms with E-state index in [4.69, 9.17) is 15.3 Å². The Morgan fingerprint density at radius 2 is 1.91 bits per heavy atom. The maximum Gasteiger partial charge on any atom is 0.286 e. The Balaban J connectivity index is 2.47. The molecule has 1 aliphatic carbocycles. The molecule has 0 amide bonds. The molecule has 58 valence electrons. The topological polar surface area (TPSA) is 56.8 Å². The van der Waals surface area contributed by atoms with Crippen LogP contribution in [0, 0.1) is 28.8 Å². The van der Waals surface area contributed by atoms with E-state index in [2.05, 4.69) is 6.07 Å². The SMILES string of the molecule is N#COC1CCCCC1C#N. The Morgan fingerprint density at radius 1 is 1.18 bits per heavy atom. The first-order valence-electron chi connectivity index (χ1n) is 3.83. The normalized spacial score (nSPS) is 30.0. The number of ether oxygens (including phenoxy) is 1. The van der Waals surface area contributed by atoms with E-state index in [9.17, 15) is 0 Å². The molecule has 0 aliphatic heterocycles. The summed E-state index contributed by atoms with van der Waals surface area (Å²) in [4.78, 5) is 0. The Kier molecular flexibility index (Phi) is 2.74. The summed E-state index contributed by atoms with van der Waals surface area (Å²) in [5, 5.41) is 16.9. The molecule has 0 aromatic heterocycles. The molecule has 0 bridgehead atoms. The number of hydrogen-bond acceptors (Lipinski definition) is 3. The first-order chi connectivity index (χ1) is 5.38. The minimum Gasteiger partial charge on any atom is -0.423 e. The molecule has 1 aliphatic rings. The fourth-order valence-corrected chi connectivity index (χ4v) is 1.45. The molecular formula is C8H10N2O. The van der Waals surface area contributed by atoms with Gasteiger partial charge in [-0.25, -0.2) is 0 Å². The van der Waals surface area contributed by atoms with Crippen molar-refractivity contribution < 1.29 is 4.74 Å². The van der Waals surface area contributed by atoms with E-state index in [1.807, 2.05) is 0 Å². The van der Waals surface area contributed by atoms with Gasteiger partial charge in [0.1, 0.15) is 6.10 Å². The molecule has 1 fully saturated rings. The molecule has 0 radical (unpaired) electrons. The van der Waals surface area contributed by atoms with Gasteiger partial charge in [-0.3, -0.25) is 0 Å². The maximum atomic E-state index is 8.65. The molecular weight excluding hydrogens is 140 g/mol. The van der Waals surface area contributed by atoms with Gasteiger partial charge < -0.3 is 4.74 Å². The third-order valence-electron chi connectivity index (χ3n) is 2.07. The van der Waals surface area contributed by atoms with Gasteiger partial charge in [0.2, 0.25) is 0 Å². The van der Waals surface area contributed by atoms with Gasteiger partial charge in [-0.15, -0.1) is 0 Å². The zero-order chi connectivity index (χ0) is 8.10. The van der Waals surface area contributed by atoms with E-state index >= 15 is 0 Å². The lowest BCUT2D eigenvalue weighted by Crippen LogP contribution is -2.24. The predicted molar refractivity (Wildman–Crippen MR) is 38.1 cm³/mol. The molecule has 0 aromatic rings. The predicted octanol–water partition coefficient (Wildman–Crippen LogP) is 1.57. The monoisotopic (exact) mass is 150 g/mol. The van der Waals surface area contributed by atoms with Crippen molar-refractivity contribution in [2.75, 3.05) is 0 Å². The van der Waals surface area contributed by atoms with Gasteiger partial charge in [0.15, 0.2) is 0 Å². The summed E-state index contributed by atoms with van der Waals surface area (Å²) in [5.74, 6) is -0.0663. The lowest BCUT2D eigenvalue weighted by molar-refractivity contribution is 0.0885. The third-order valence-corrected chi connectivity index (χ3v) is 2.07. The van der Waals surface area contributed by atoms with Crippen molar-refractivity contribution in [1.29, 1.82) is 10.5 Å². The van der Waals surface area contributed by atoms with Gasteiger partial charge in [-0.2, -0.15) is 10.5 Å². The second kappa shape index (κ2) is 3.83. The summed E-state index contributed by atoms with van der Waals surface area (Å²) in [6.45, 7) is 0. The van der Waals surface area contributed by atoms with Crippen molar-refractivity contribution in [2.45, 2.75) is 31.8 Å². The lowest BCUT2D eigenvalue weighted by Gasteiger charge is -2.23. The molecule has 0 aromatic carbocycles. The van der Waals surface area contributed by atoms with Gasteiger partial charge >= 0.3 is 0 Å². The zero-order valence-corrected chi connectivity index (χ0v) is 6.29. The minimum atomic E-state index is -0.140. The number of nitriles is 2. The van der Waals surface area contributed by atoms with E-state index in [0.29, 0.717) is 0 Å². The van der Waals surface area contributed by atoms with Crippen LogP contribution in [0.3, 0.4) is 0 Å². The second-order valence-electron chi connectivity index (χ2n) is 2.77. The van der Waals surface area contributed by atoms with E-state index in [-0.39, 0.29) is 12.0 Å². The van der Waals surface area contributed by atoms with Crippen molar-refractivity contribution in [3.8, 4) is 12.3 Å². The first kappa shape index (κ1) is 7.88. The van der Waals surface area contributed by atoms with Crippen LogP contribution in [0.5, 0.6) is 0 Å². The smallest absolute Gasteiger partial charge is 0.286 e. The summed E-state index contributed by atoms with van der Waals surface area (Å²) < 4.78 is 4.77. The summed E-state index contributed by atoms with van der Waals surface area (Å²) in [6, 6.07) is 2.16. The summed E-state index contributed by atoms with van der Waals surface area (Å²) >= 11 is 0. The van der Waals surface area contributed by atoms with Crippen LogP contribution < -0.4 is 0 Å². The molecule has 11 heavy (non-hydrogen) atoms. The highest BCUT2D eigenvalue weighted by molar-refractivity contribution is 4.92. The summed E-state index contributed by atoms with van der Waals surface area (Å²) in [6.07, 6.45) is 5.40. The first-order valence-corrected chi connectivity index (χ1v) is 3.83. The van der Waals surface area contributed by atoms with Crippen LogP contribution in [0.2, 0.25) is 0 Å². The molecule has 1 rings (SSSR count). The van der Waals surface area contributed by atoms with Gasteiger partial charge in [0.05, 0.1) is 12.0 Å². The Labute approximate surface area is 66.2 Å². The lowest BCUT2D eigenvalue weighted by atomic mass is 9.87. The highest BCUT2D eigenvalue weighted by Crippen LogP contribution is 2.25. The molecule has 2 atom stereocenters. The Morgan fingerprint density at radius 3 is 2.55 bits per heavy atom. The second-order valence-corrected chi connectivity index (χ2v) is 2.77. The largest absolute Gasteiger partial charge is 0.423 e. The standard InChI is InChI=1S/C8H10N2O/c9-5-7-3-1-2-4-8(7)11-6-10/h7-8H,1-4H2.